The lowest BCUT2D eigenvalue weighted by Crippen LogP contribution is -2.46. The highest BCUT2D eigenvalue weighted by Gasteiger charge is 2.60. The van der Waals surface area contributed by atoms with Crippen LogP contribution in [-0.4, -0.2) is 37.0 Å². The van der Waals surface area contributed by atoms with Gasteiger partial charge in [0.1, 0.15) is 17.0 Å². The molecule has 1 fully saturated rings. The Labute approximate surface area is 219 Å². The van der Waals surface area contributed by atoms with E-state index in [2.05, 4.69) is 16.7 Å². The molecule has 0 aliphatic carbocycles. The normalized spacial score (nSPS) is 21.7. The van der Waals surface area contributed by atoms with E-state index in [9.17, 15) is 14.9 Å². The molecule has 2 aromatic rings. The van der Waals surface area contributed by atoms with Crippen LogP contribution in [0.3, 0.4) is 0 Å². The highest BCUT2D eigenvalue weighted by Crippen LogP contribution is 2.56. The maximum atomic E-state index is 15.5. The van der Waals surface area contributed by atoms with Crippen LogP contribution in [0.1, 0.15) is 44.4 Å². The molecule has 3 amide bonds. The number of carbonyl (C=O) groups excluding carboxylic acids is 2. The number of likely N-dealkylation sites (tertiary alicyclic amines) is 1. The molecule has 3 unspecified atom stereocenters. The number of likely N-dealkylation sites (N-methyl/N-ethyl adjacent to an activating group) is 1. The van der Waals surface area contributed by atoms with Gasteiger partial charge in [-0.25, -0.2) is 13.6 Å². The van der Waals surface area contributed by atoms with E-state index in [0.29, 0.717) is 6.42 Å². The molecule has 3 atom stereocenters. The van der Waals surface area contributed by atoms with Gasteiger partial charge in [0, 0.05) is 35.7 Å². The molecule has 0 spiro atoms. The molecular formula is C26H28Cl2F2N4O2. The van der Waals surface area contributed by atoms with Gasteiger partial charge in [0.25, 0.3) is 0 Å². The van der Waals surface area contributed by atoms with Crippen LogP contribution < -0.4 is 10.6 Å². The molecule has 0 radical (unpaired) electrons. The molecule has 1 aliphatic heterocycles. The molecule has 1 aliphatic rings. The summed E-state index contributed by atoms with van der Waals surface area (Å²) in [5.74, 6) is -2.57. The van der Waals surface area contributed by atoms with Crippen LogP contribution in [0.4, 0.5) is 13.6 Å². The minimum atomic E-state index is -1.68. The number of nitrogens with one attached hydrogen (secondary N) is 2. The van der Waals surface area contributed by atoms with Crippen molar-refractivity contribution in [3.8, 4) is 6.07 Å². The van der Waals surface area contributed by atoms with Gasteiger partial charge in [-0.1, -0.05) is 62.2 Å². The Morgan fingerprint density at radius 3 is 2.50 bits per heavy atom. The van der Waals surface area contributed by atoms with Gasteiger partial charge in [0.15, 0.2) is 0 Å². The first kappa shape index (κ1) is 27.7. The van der Waals surface area contributed by atoms with Gasteiger partial charge in [-0.3, -0.25) is 4.79 Å². The molecule has 2 aromatic carbocycles. The summed E-state index contributed by atoms with van der Waals surface area (Å²) in [7, 11) is 1.43. The second-order valence-corrected chi connectivity index (χ2v) is 10.9. The summed E-state index contributed by atoms with van der Waals surface area (Å²) in [6.45, 7) is 5.60. The zero-order valence-electron chi connectivity index (χ0n) is 20.5. The maximum Gasteiger partial charge on any atom is 0.318 e. The van der Waals surface area contributed by atoms with Crippen LogP contribution in [0, 0.1) is 34.3 Å². The van der Waals surface area contributed by atoms with E-state index in [1.807, 2.05) is 20.8 Å². The zero-order valence-corrected chi connectivity index (χ0v) is 22.0. The Kier molecular flexibility index (Phi) is 8.17. The third-order valence-corrected chi connectivity index (χ3v) is 6.97. The van der Waals surface area contributed by atoms with Crippen molar-refractivity contribution in [2.24, 2.45) is 11.3 Å². The molecular weight excluding hydrogens is 509 g/mol. The minimum absolute atomic E-state index is 0.00891. The van der Waals surface area contributed by atoms with Crippen molar-refractivity contribution in [3.05, 3.63) is 69.2 Å². The molecule has 1 heterocycles. The topological polar surface area (TPSA) is 85.2 Å². The number of hydrogen-bond donors (Lipinski definition) is 2. The van der Waals surface area contributed by atoms with Gasteiger partial charge < -0.3 is 15.5 Å². The van der Waals surface area contributed by atoms with Gasteiger partial charge in [-0.2, -0.15) is 5.26 Å². The third-order valence-electron chi connectivity index (χ3n) is 6.44. The number of benzene rings is 2. The smallest absolute Gasteiger partial charge is 0.318 e. The SMILES string of the molecule is CNC(=O)CNC(=O)N1CC(CC(C)(C)C)C(C#N)(c2ccc(Cl)cc2F)C1c1cccc(Cl)c1F. The summed E-state index contributed by atoms with van der Waals surface area (Å²) in [5, 5.41) is 15.6. The Bertz CT molecular complexity index is 1210. The van der Waals surface area contributed by atoms with Crippen LogP contribution in [0.15, 0.2) is 36.4 Å². The molecule has 36 heavy (non-hydrogen) atoms. The van der Waals surface area contributed by atoms with Gasteiger partial charge >= 0.3 is 6.03 Å². The van der Waals surface area contributed by atoms with Crippen molar-refractivity contribution in [1.82, 2.24) is 15.5 Å². The second-order valence-electron chi connectivity index (χ2n) is 10.1. The molecule has 3 rings (SSSR count). The molecule has 10 heteroatoms. The lowest BCUT2D eigenvalue weighted by molar-refractivity contribution is -0.119. The quantitative estimate of drug-likeness (QED) is 0.521. The summed E-state index contributed by atoms with van der Waals surface area (Å²) in [4.78, 5) is 26.5. The van der Waals surface area contributed by atoms with Crippen molar-refractivity contribution in [2.45, 2.75) is 38.6 Å². The fourth-order valence-electron chi connectivity index (χ4n) is 5.02. The average Bonchev–Trinajstić information content (AvgIpc) is 3.11. The largest absolute Gasteiger partial charge is 0.358 e. The number of hydrogen-bond acceptors (Lipinski definition) is 3. The summed E-state index contributed by atoms with van der Waals surface area (Å²) in [6.07, 6.45) is 0.417. The Morgan fingerprint density at radius 2 is 1.92 bits per heavy atom. The molecule has 0 saturated carbocycles. The molecule has 0 bridgehead atoms. The monoisotopic (exact) mass is 536 g/mol. The van der Waals surface area contributed by atoms with Crippen LogP contribution in [0.2, 0.25) is 10.0 Å². The highest BCUT2D eigenvalue weighted by atomic mass is 35.5. The van der Waals surface area contributed by atoms with Crippen molar-refractivity contribution < 1.29 is 18.4 Å². The fraction of sp³-hybridized carbons (Fsp3) is 0.423. The Morgan fingerprint density at radius 1 is 1.22 bits per heavy atom. The second kappa shape index (κ2) is 10.6. The Hall–Kier alpha value is -2.89. The van der Waals surface area contributed by atoms with Crippen LogP contribution >= 0.6 is 23.2 Å². The lowest BCUT2D eigenvalue weighted by Gasteiger charge is -2.38. The number of urea groups is 1. The van der Waals surface area contributed by atoms with Crippen molar-refractivity contribution in [1.29, 1.82) is 5.26 Å². The predicted octanol–water partition coefficient (Wildman–Crippen LogP) is 5.60. The summed E-state index contributed by atoms with van der Waals surface area (Å²) >= 11 is 12.1. The van der Waals surface area contributed by atoms with Gasteiger partial charge in [-0.15, -0.1) is 0 Å². The predicted molar refractivity (Wildman–Crippen MR) is 135 cm³/mol. The molecule has 192 valence electrons. The summed E-state index contributed by atoms with van der Waals surface area (Å²) < 4.78 is 31.0. The van der Waals surface area contributed by atoms with E-state index in [-0.39, 0.29) is 39.7 Å². The highest BCUT2D eigenvalue weighted by molar-refractivity contribution is 6.31. The summed E-state index contributed by atoms with van der Waals surface area (Å²) in [5.41, 5.74) is -2.01. The van der Waals surface area contributed by atoms with Crippen molar-refractivity contribution >= 4 is 35.1 Å². The first-order valence-corrected chi connectivity index (χ1v) is 12.2. The van der Waals surface area contributed by atoms with E-state index in [4.69, 9.17) is 23.2 Å². The average molecular weight is 537 g/mol. The Balaban J connectivity index is 2.30. The minimum Gasteiger partial charge on any atom is -0.358 e. The molecule has 2 N–H and O–H groups in total. The van der Waals surface area contributed by atoms with E-state index in [1.54, 1.807) is 0 Å². The number of carbonyl (C=O) groups is 2. The lowest BCUT2D eigenvalue weighted by atomic mass is 9.63. The number of amides is 3. The van der Waals surface area contributed by atoms with Gasteiger partial charge in [-0.05, 0) is 30.0 Å². The van der Waals surface area contributed by atoms with Crippen molar-refractivity contribution in [2.75, 3.05) is 20.1 Å². The van der Waals surface area contributed by atoms with Crippen LogP contribution in [-0.2, 0) is 10.2 Å². The van der Waals surface area contributed by atoms with E-state index in [1.165, 1.54) is 42.3 Å². The van der Waals surface area contributed by atoms with Gasteiger partial charge in [0.2, 0.25) is 5.91 Å². The van der Waals surface area contributed by atoms with Crippen LogP contribution in [0.25, 0.3) is 0 Å². The number of nitrogens with zero attached hydrogens (tertiary/aromatic N) is 2. The van der Waals surface area contributed by atoms with Crippen LogP contribution in [0.5, 0.6) is 0 Å². The molecule has 1 saturated heterocycles. The first-order valence-electron chi connectivity index (χ1n) is 11.4. The summed E-state index contributed by atoms with van der Waals surface area (Å²) in [6, 6.07) is 8.65. The molecule has 0 aromatic heterocycles. The number of halogens is 4. The van der Waals surface area contributed by atoms with E-state index >= 15 is 8.78 Å². The third kappa shape index (κ3) is 5.28. The standard InChI is InChI=1S/C26H28Cl2F2N4O2/c1-25(2,3)11-15-13-34(24(36)33-12-21(35)32-4)23(17-6-5-7-19(28)22(17)30)26(15,14-31)18-9-8-16(27)10-20(18)29/h5-10,15,23H,11-13H2,1-4H3,(H,32,35)(H,33,36). The van der Waals surface area contributed by atoms with Crippen molar-refractivity contribution in [3.63, 3.8) is 0 Å². The van der Waals surface area contributed by atoms with E-state index in [0.717, 1.165) is 6.07 Å². The number of rotatable bonds is 5. The maximum absolute atomic E-state index is 15.5. The first-order chi connectivity index (χ1) is 16.9. The zero-order chi connectivity index (χ0) is 26.8. The fourth-order valence-corrected chi connectivity index (χ4v) is 5.36. The molecule has 6 nitrogen and oxygen atoms in total. The van der Waals surface area contributed by atoms with Gasteiger partial charge in [0.05, 0.1) is 23.7 Å². The number of nitriles is 1. The van der Waals surface area contributed by atoms with E-state index < -0.39 is 40.9 Å².